The van der Waals surface area contributed by atoms with Crippen LogP contribution in [0.2, 0.25) is 0 Å². The lowest BCUT2D eigenvalue weighted by atomic mass is 10.1. The second kappa shape index (κ2) is 6.26. The van der Waals surface area contributed by atoms with Crippen LogP contribution < -0.4 is 4.73 Å². The summed E-state index contributed by atoms with van der Waals surface area (Å²) in [5.41, 5.74) is 2.31. The third-order valence-corrected chi connectivity index (χ3v) is 3.85. The maximum absolute atomic E-state index is 11.6. The Morgan fingerprint density at radius 2 is 2.00 bits per heavy atom. The number of rotatable bonds is 4. The van der Waals surface area contributed by atoms with Gasteiger partial charge >= 0.3 is 0 Å². The number of pyridine rings is 1. The van der Waals surface area contributed by atoms with Crippen molar-refractivity contribution in [2.24, 2.45) is 0 Å². The first-order chi connectivity index (χ1) is 9.19. The van der Waals surface area contributed by atoms with E-state index in [9.17, 15) is 10.5 Å². The molecule has 3 nitrogen and oxygen atoms in total. The Bertz CT molecular complexity index is 590. The van der Waals surface area contributed by atoms with E-state index in [1.54, 1.807) is 18.2 Å². The van der Waals surface area contributed by atoms with E-state index >= 15 is 0 Å². The highest BCUT2D eigenvalue weighted by atomic mass is 32.2. The highest BCUT2D eigenvalue weighted by Gasteiger charge is 2.15. The molecule has 1 aromatic heterocycles. The minimum Gasteiger partial charge on any atom is -0.618 e. The number of hydrogen-bond donors (Lipinski definition) is 0. The van der Waals surface area contributed by atoms with E-state index in [4.69, 9.17) is 0 Å². The zero-order valence-corrected chi connectivity index (χ0v) is 11.4. The molecular weight excluding hydrogens is 256 g/mol. The standard InChI is InChI=1S/C15H14N2OS/c1-12-5-7-13(8-6-12)10-14(11-16)19-15-4-2-3-9-17(15)18/h2-9,14H,10H2,1H3. The third kappa shape index (κ3) is 3.73. The summed E-state index contributed by atoms with van der Waals surface area (Å²) in [6, 6.07) is 15.6. The van der Waals surface area contributed by atoms with Crippen molar-refractivity contribution in [2.45, 2.75) is 23.6 Å². The van der Waals surface area contributed by atoms with Gasteiger partial charge < -0.3 is 5.21 Å². The Morgan fingerprint density at radius 3 is 2.63 bits per heavy atom. The number of aryl methyl sites for hydroxylation is 1. The number of nitriles is 1. The summed E-state index contributed by atoms with van der Waals surface area (Å²) < 4.78 is 0.796. The van der Waals surface area contributed by atoms with Gasteiger partial charge in [-0.3, -0.25) is 0 Å². The molecule has 0 saturated heterocycles. The fourth-order valence-corrected chi connectivity index (χ4v) is 2.64. The second-order valence-corrected chi connectivity index (χ2v) is 5.51. The average molecular weight is 270 g/mol. The lowest BCUT2D eigenvalue weighted by molar-refractivity contribution is -0.645. The van der Waals surface area contributed by atoms with Crippen LogP contribution in [-0.2, 0) is 6.42 Å². The Hall–Kier alpha value is -1.99. The molecule has 1 unspecified atom stereocenters. The van der Waals surface area contributed by atoms with E-state index in [1.165, 1.54) is 23.5 Å². The molecule has 0 radical (unpaired) electrons. The Balaban J connectivity index is 2.07. The maximum atomic E-state index is 11.6. The predicted octanol–water partition coefficient (Wildman–Crippen LogP) is 2.86. The smallest absolute Gasteiger partial charge is 0.252 e. The quantitative estimate of drug-likeness (QED) is 0.487. The minimum atomic E-state index is -0.259. The monoisotopic (exact) mass is 270 g/mol. The van der Waals surface area contributed by atoms with Gasteiger partial charge in [-0.1, -0.05) is 29.8 Å². The van der Waals surface area contributed by atoms with Crippen molar-refractivity contribution in [3.05, 3.63) is 65.0 Å². The van der Waals surface area contributed by atoms with Gasteiger partial charge in [-0.15, -0.1) is 0 Å². The summed E-state index contributed by atoms with van der Waals surface area (Å²) in [6.45, 7) is 2.03. The van der Waals surface area contributed by atoms with Crippen LogP contribution >= 0.6 is 11.8 Å². The minimum absolute atomic E-state index is 0.259. The topological polar surface area (TPSA) is 50.7 Å². The van der Waals surface area contributed by atoms with Gasteiger partial charge in [0.05, 0.1) is 6.07 Å². The molecule has 0 amide bonds. The Kier molecular flexibility index (Phi) is 4.43. The van der Waals surface area contributed by atoms with E-state index < -0.39 is 0 Å². The number of nitrogens with zero attached hydrogens (tertiary/aromatic N) is 2. The molecule has 4 heteroatoms. The van der Waals surface area contributed by atoms with Crippen molar-refractivity contribution < 1.29 is 4.73 Å². The highest BCUT2D eigenvalue weighted by Crippen LogP contribution is 2.22. The Labute approximate surface area is 117 Å². The maximum Gasteiger partial charge on any atom is 0.252 e. The number of aromatic nitrogens is 1. The van der Waals surface area contributed by atoms with E-state index in [0.717, 1.165) is 10.3 Å². The summed E-state index contributed by atoms with van der Waals surface area (Å²) in [5, 5.41) is 21.1. The van der Waals surface area contributed by atoms with Crippen LogP contribution in [0, 0.1) is 23.5 Å². The summed E-state index contributed by atoms with van der Waals surface area (Å²) in [5.74, 6) is 0. The van der Waals surface area contributed by atoms with Crippen LogP contribution in [-0.4, -0.2) is 5.25 Å². The first-order valence-electron chi connectivity index (χ1n) is 5.99. The van der Waals surface area contributed by atoms with Crippen LogP contribution in [0.1, 0.15) is 11.1 Å². The third-order valence-electron chi connectivity index (χ3n) is 2.74. The molecule has 1 aromatic carbocycles. The molecule has 0 aliphatic heterocycles. The average Bonchev–Trinajstić information content (AvgIpc) is 2.43. The lowest BCUT2D eigenvalue weighted by Gasteiger charge is -2.09. The van der Waals surface area contributed by atoms with Crippen LogP contribution in [0.25, 0.3) is 0 Å². The Morgan fingerprint density at radius 1 is 1.26 bits per heavy atom. The summed E-state index contributed by atoms with van der Waals surface area (Å²) >= 11 is 1.30. The number of hydrogen-bond acceptors (Lipinski definition) is 3. The molecule has 2 aromatic rings. The molecule has 0 bridgehead atoms. The van der Waals surface area contributed by atoms with Crippen LogP contribution in [0.4, 0.5) is 0 Å². The lowest BCUT2D eigenvalue weighted by Crippen LogP contribution is -2.28. The molecule has 0 N–H and O–H groups in total. The van der Waals surface area contributed by atoms with Gasteiger partial charge in [0, 0.05) is 12.1 Å². The molecule has 0 fully saturated rings. The van der Waals surface area contributed by atoms with Gasteiger partial charge in [-0.2, -0.15) is 9.99 Å². The van der Waals surface area contributed by atoms with Gasteiger partial charge in [0.2, 0.25) is 0 Å². The first-order valence-corrected chi connectivity index (χ1v) is 6.87. The molecule has 0 spiro atoms. The molecule has 96 valence electrons. The molecule has 0 saturated carbocycles. The molecular formula is C15H14N2OS. The van der Waals surface area contributed by atoms with Crippen molar-refractivity contribution in [3.8, 4) is 6.07 Å². The summed E-state index contributed by atoms with van der Waals surface area (Å²) in [7, 11) is 0. The molecule has 0 aliphatic rings. The zero-order chi connectivity index (χ0) is 13.7. The fraction of sp³-hybridized carbons (Fsp3) is 0.200. The van der Waals surface area contributed by atoms with Gasteiger partial charge in [0.15, 0.2) is 6.20 Å². The second-order valence-electron chi connectivity index (χ2n) is 4.29. The van der Waals surface area contributed by atoms with Crippen LogP contribution in [0.3, 0.4) is 0 Å². The zero-order valence-electron chi connectivity index (χ0n) is 10.6. The SMILES string of the molecule is Cc1ccc(CC(C#N)Sc2cccc[n+]2[O-])cc1. The molecule has 1 heterocycles. The predicted molar refractivity (Wildman–Crippen MR) is 75.5 cm³/mol. The van der Waals surface area contributed by atoms with Crippen LogP contribution in [0.15, 0.2) is 53.7 Å². The van der Waals surface area contributed by atoms with Crippen LogP contribution in [0.5, 0.6) is 0 Å². The van der Waals surface area contributed by atoms with E-state index in [0.29, 0.717) is 11.4 Å². The van der Waals surface area contributed by atoms with Crippen molar-refractivity contribution in [1.29, 1.82) is 5.26 Å². The fourth-order valence-electron chi connectivity index (χ4n) is 1.70. The van der Waals surface area contributed by atoms with E-state index in [1.807, 2.05) is 31.2 Å². The molecule has 2 rings (SSSR count). The molecule has 19 heavy (non-hydrogen) atoms. The van der Waals surface area contributed by atoms with Crippen molar-refractivity contribution in [1.82, 2.24) is 0 Å². The van der Waals surface area contributed by atoms with Crippen molar-refractivity contribution in [3.63, 3.8) is 0 Å². The summed E-state index contributed by atoms with van der Waals surface area (Å²) in [6.07, 6.45) is 2.08. The summed E-state index contributed by atoms with van der Waals surface area (Å²) in [4.78, 5) is 0. The van der Waals surface area contributed by atoms with Gasteiger partial charge in [0.1, 0.15) is 5.25 Å². The van der Waals surface area contributed by atoms with Crippen molar-refractivity contribution in [2.75, 3.05) is 0 Å². The largest absolute Gasteiger partial charge is 0.618 e. The van der Waals surface area contributed by atoms with Crippen molar-refractivity contribution >= 4 is 11.8 Å². The highest BCUT2D eigenvalue weighted by molar-refractivity contribution is 8.00. The number of thioether (sulfide) groups is 1. The van der Waals surface area contributed by atoms with Gasteiger partial charge in [-0.25, -0.2) is 0 Å². The first kappa shape index (κ1) is 13.4. The number of benzene rings is 1. The van der Waals surface area contributed by atoms with Gasteiger partial charge in [-0.05, 0) is 36.7 Å². The molecule has 1 atom stereocenters. The van der Waals surface area contributed by atoms with E-state index in [2.05, 4.69) is 6.07 Å². The normalized spacial score (nSPS) is 11.8. The molecule has 0 aliphatic carbocycles. The van der Waals surface area contributed by atoms with E-state index in [-0.39, 0.29) is 5.25 Å². The van der Waals surface area contributed by atoms with Gasteiger partial charge in [0.25, 0.3) is 5.03 Å².